The minimum absolute atomic E-state index is 0.0998. The number of ether oxygens (including phenoxy) is 4. The van der Waals surface area contributed by atoms with E-state index in [1.165, 1.54) is 0 Å². The van der Waals surface area contributed by atoms with E-state index in [9.17, 15) is 9.90 Å². The number of benzene rings is 3. The molecular weight excluding hydrogens is 420 g/mol. The zero-order valence-electron chi connectivity index (χ0n) is 18.3. The molecule has 0 bridgehead atoms. The molecule has 1 fully saturated rings. The van der Waals surface area contributed by atoms with Crippen molar-refractivity contribution in [2.45, 2.75) is 44.2 Å². The van der Waals surface area contributed by atoms with Crippen LogP contribution in [0.25, 0.3) is 0 Å². The molecule has 4 rings (SSSR count). The Morgan fingerprint density at radius 1 is 0.697 bits per heavy atom. The molecule has 0 aromatic heterocycles. The Bertz CT molecular complexity index is 977. The van der Waals surface area contributed by atoms with Gasteiger partial charge < -0.3 is 24.1 Å². The van der Waals surface area contributed by atoms with Crippen LogP contribution in [0.1, 0.15) is 16.7 Å². The van der Waals surface area contributed by atoms with Crippen molar-refractivity contribution in [3.8, 4) is 0 Å². The molecule has 6 heteroatoms. The molecule has 3 aromatic carbocycles. The molecule has 3 aromatic rings. The summed E-state index contributed by atoms with van der Waals surface area (Å²) in [6, 6.07) is 28.8. The van der Waals surface area contributed by atoms with Crippen molar-refractivity contribution in [2.24, 2.45) is 0 Å². The molecule has 0 unspecified atom stereocenters. The molecule has 172 valence electrons. The molecule has 0 saturated carbocycles. The molecular formula is C27H28O6. The van der Waals surface area contributed by atoms with Crippen molar-refractivity contribution in [1.29, 1.82) is 0 Å². The second-order valence-electron chi connectivity index (χ2n) is 7.95. The molecule has 1 N–H and O–H groups in total. The van der Waals surface area contributed by atoms with E-state index < -0.39 is 30.4 Å². The molecule has 0 amide bonds. The van der Waals surface area contributed by atoms with Crippen molar-refractivity contribution >= 4 is 5.97 Å². The first kappa shape index (κ1) is 23.1. The number of esters is 1. The highest BCUT2D eigenvalue weighted by atomic mass is 16.6. The van der Waals surface area contributed by atoms with Crippen molar-refractivity contribution in [3.63, 3.8) is 0 Å². The molecule has 1 saturated heterocycles. The average molecular weight is 449 g/mol. The Hall–Kier alpha value is -3.03. The minimum atomic E-state index is -1.19. The maximum atomic E-state index is 12.7. The van der Waals surface area contributed by atoms with Gasteiger partial charge in [-0.3, -0.25) is 0 Å². The third-order valence-corrected chi connectivity index (χ3v) is 5.46. The molecule has 0 radical (unpaired) electrons. The number of rotatable bonds is 10. The second-order valence-corrected chi connectivity index (χ2v) is 7.95. The summed E-state index contributed by atoms with van der Waals surface area (Å²) < 4.78 is 23.2. The number of aliphatic hydroxyl groups is 1. The average Bonchev–Trinajstić information content (AvgIpc) is 2.85. The van der Waals surface area contributed by atoms with Gasteiger partial charge in [0.1, 0.15) is 12.2 Å². The summed E-state index contributed by atoms with van der Waals surface area (Å²) in [5, 5.41) is 11.0. The molecule has 0 aliphatic carbocycles. The lowest BCUT2D eigenvalue weighted by molar-refractivity contribution is -0.228. The maximum absolute atomic E-state index is 12.7. The summed E-state index contributed by atoms with van der Waals surface area (Å²) in [4.78, 5) is 12.7. The van der Waals surface area contributed by atoms with Crippen LogP contribution < -0.4 is 0 Å². The van der Waals surface area contributed by atoms with E-state index in [0.717, 1.165) is 16.7 Å². The molecule has 6 nitrogen and oxygen atoms in total. The number of hydrogen-bond acceptors (Lipinski definition) is 6. The SMILES string of the molecule is O=C1O[C@H](COCc2ccccc2)[C@@H](OCc2ccccc2)[C@H](O)[C@@H]1OCc1ccccc1. The van der Waals surface area contributed by atoms with Gasteiger partial charge in [-0.05, 0) is 16.7 Å². The highest BCUT2D eigenvalue weighted by Gasteiger charge is 2.47. The van der Waals surface area contributed by atoms with Crippen LogP contribution in [-0.4, -0.2) is 42.1 Å². The first-order chi connectivity index (χ1) is 16.2. The fraction of sp³-hybridized carbons (Fsp3) is 0.296. The largest absolute Gasteiger partial charge is 0.455 e. The van der Waals surface area contributed by atoms with Crippen LogP contribution in [0.5, 0.6) is 0 Å². The van der Waals surface area contributed by atoms with Gasteiger partial charge in [-0.2, -0.15) is 0 Å². The van der Waals surface area contributed by atoms with E-state index in [4.69, 9.17) is 18.9 Å². The van der Waals surface area contributed by atoms with E-state index >= 15 is 0 Å². The number of hydrogen-bond donors (Lipinski definition) is 1. The van der Waals surface area contributed by atoms with Gasteiger partial charge in [-0.1, -0.05) is 91.0 Å². The summed E-state index contributed by atoms with van der Waals surface area (Å²) in [6.07, 6.45) is -3.88. The van der Waals surface area contributed by atoms with E-state index in [-0.39, 0.29) is 19.8 Å². The highest BCUT2D eigenvalue weighted by molar-refractivity contribution is 5.76. The fourth-order valence-electron chi connectivity index (χ4n) is 3.71. The minimum Gasteiger partial charge on any atom is -0.455 e. The van der Waals surface area contributed by atoms with Crippen molar-refractivity contribution in [3.05, 3.63) is 108 Å². The maximum Gasteiger partial charge on any atom is 0.338 e. The molecule has 1 heterocycles. The van der Waals surface area contributed by atoms with Crippen molar-refractivity contribution in [2.75, 3.05) is 6.61 Å². The molecule has 1 aliphatic heterocycles. The monoisotopic (exact) mass is 448 g/mol. The normalized spacial score (nSPS) is 22.6. The van der Waals surface area contributed by atoms with Crippen LogP contribution >= 0.6 is 0 Å². The predicted octanol–water partition coefficient (Wildman–Crippen LogP) is 3.66. The van der Waals surface area contributed by atoms with E-state index in [0.29, 0.717) is 6.61 Å². The first-order valence-electron chi connectivity index (χ1n) is 11.0. The quantitative estimate of drug-likeness (QED) is 0.477. The van der Waals surface area contributed by atoms with Crippen LogP contribution in [-0.2, 0) is 43.6 Å². The van der Waals surface area contributed by atoms with Gasteiger partial charge in [0.2, 0.25) is 0 Å². The number of carbonyl (C=O) groups excluding carboxylic acids is 1. The predicted molar refractivity (Wildman–Crippen MR) is 122 cm³/mol. The first-order valence-corrected chi connectivity index (χ1v) is 11.0. The molecule has 0 spiro atoms. The molecule has 1 aliphatic rings. The Morgan fingerprint density at radius 3 is 1.73 bits per heavy atom. The third-order valence-electron chi connectivity index (χ3n) is 5.46. The standard InChI is InChI=1S/C27H28O6/c28-24-25(31-17-21-12-6-2-7-13-21)23(19-30-16-20-10-4-1-5-11-20)33-27(29)26(24)32-18-22-14-8-3-9-15-22/h1-15,23-26,28H,16-19H2/t23-,24+,25-,26+/m1/s1. The van der Waals surface area contributed by atoms with Crippen molar-refractivity contribution < 1.29 is 28.8 Å². The van der Waals surface area contributed by atoms with Gasteiger partial charge in [0, 0.05) is 0 Å². The third kappa shape index (κ3) is 6.49. The smallest absolute Gasteiger partial charge is 0.338 e. The van der Waals surface area contributed by atoms with Gasteiger partial charge in [0.15, 0.2) is 12.2 Å². The number of carbonyl (C=O) groups is 1. The topological polar surface area (TPSA) is 74.2 Å². The van der Waals surface area contributed by atoms with Crippen LogP contribution in [0.15, 0.2) is 91.0 Å². The van der Waals surface area contributed by atoms with Gasteiger partial charge in [0.05, 0.1) is 26.4 Å². The zero-order valence-corrected chi connectivity index (χ0v) is 18.3. The Balaban J connectivity index is 1.41. The lowest BCUT2D eigenvalue weighted by atomic mass is 9.99. The lowest BCUT2D eigenvalue weighted by Crippen LogP contribution is -2.58. The van der Waals surface area contributed by atoms with Crippen LogP contribution in [0.4, 0.5) is 0 Å². The highest BCUT2D eigenvalue weighted by Crippen LogP contribution is 2.25. The Kier molecular flexibility index (Phi) is 8.22. The van der Waals surface area contributed by atoms with Gasteiger partial charge in [0.25, 0.3) is 0 Å². The summed E-state index contributed by atoms with van der Waals surface area (Å²) in [5.41, 5.74) is 2.85. The Labute approximate surface area is 193 Å². The summed E-state index contributed by atoms with van der Waals surface area (Å²) in [6.45, 7) is 0.909. The van der Waals surface area contributed by atoms with Crippen LogP contribution in [0.2, 0.25) is 0 Å². The summed E-state index contributed by atoms with van der Waals surface area (Å²) in [5.74, 6) is -0.619. The Morgan fingerprint density at radius 2 is 1.18 bits per heavy atom. The van der Waals surface area contributed by atoms with Gasteiger partial charge in [-0.25, -0.2) is 4.79 Å². The molecule has 33 heavy (non-hydrogen) atoms. The second kappa shape index (κ2) is 11.7. The van der Waals surface area contributed by atoms with Crippen molar-refractivity contribution in [1.82, 2.24) is 0 Å². The van der Waals surface area contributed by atoms with Gasteiger partial charge in [-0.15, -0.1) is 0 Å². The number of aliphatic hydroxyl groups excluding tert-OH is 1. The van der Waals surface area contributed by atoms with E-state index in [1.54, 1.807) is 0 Å². The fourth-order valence-corrected chi connectivity index (χ4v) is 3.71. The number of cyclic esters (lactones) is 1. The summed E-state index contributed by atoms with van der Waals surface area (Å²) >= 11 is 0. The van der Waals surface area contributed by atoms with E-state index in [1.807, 2.05) is 91.0 Å². The van der Waals surface area contributed by atoms with Gasteiger partial charge >= 0.3 is 5.97 Å². The van der Waals surface area contributed by atoms with Crippen LogP contribution in [0, 0.1) is 0 Å². The summed E-state index contributed by atoms with van der Waals surface area (Å²) in [7, 11) is 0. The lowest BCUT2D eigenvalue weighted by Gasteiger charge is -2.38. The molecule has 4 atom stereocenters. The zero-order chi connectivity index (χ0) is 22.9. The van der Waals surface area contributed by atoms with E-state index in [2.05, 4.69) is 0 Å². The van der Waals surface area contributed by atoms with Crippen LogP contribution in [0.3, 0.4) is 0 Å².